The third-order valence-electron chi connectivity index (χ3n) is 4.31. The number of rotatable bonds is 4. The fourth-order valence-corrected chi connectivity index (χ4v) is 3.60. The van der Waals surface area contributed by atoms with Crippen LogP contribution in [0.15, 0.2) is 42.9 Å². The van der Waals surface area contributed by atoms with Crippen molar-refractivity contribution in [3.05, 3.63) is 64.2 Å². The minimum atomic E-state index is -0.748. The Hall–Kier alpha value is -2.24. The Balaban J connectivity index is 1.80. The summed E-state index contributed by atoms with van der Waals surface area (Å²) in [4.78, 5) is 23.8. The number of carbonyl (C=O) groups excluding carboxylic acids is 1. The molecule has 0 bridgehead atoms. The molecule has 3 aromatic heterocycles. The van der Waals surface area contributed by atoms with E-state index >= 15 is 0 Å². The van der Waals surface area contributed by atoms with Gasteiger partial charge in [0, 0.05) is 36.5 Å². The van der Waals surface area contributed by atoms with E-state index in [0.29, 0.717) is 28.9 Å². The number of ether oxygens (including phenoxy) is 1. The summed E-state index contributed by atoms with van der Waals surface area (Å²) in [5.41, 5.74) is 2.15. The molecule has 1 aliphatic carbocycles. The van der Waals surface area contributed by atoms with Gasteiger partial charge in [-0.1, -0.05) is 29.3 Å². The third-order valence-corrected chi connectivity index (χ3v) is 4.79. The second-order valence-corrected chi connectivity index (χ2v) is 6.46. The standard InChI is InChI=1S/C17H11Cl2N3O2/c18-13-5-15(19)22-14-4-11(8-21-16(13)14)17(24-9-23)6-12(17)10-2-1-3-20-7-10/h1-5,7-9,12H,6H2. The SMILES string of the molecule is O=COC1(c2cnc3c(Cl)cc(Cl)nc3c2)CC1c1cccnc1. The Morgan fingerprint density at radius 1 is 1.29 bits per heavy atom. The van der Waals surface area contributed by atoms with Gasteiger partial charge in [0.25, 0.3) is 6.47 Å². The first-order valence-electron chi connectivity index (χ1n) is 7.28. The lowest BCUT2D eigenvalue weighted by Gasteiger charge is -2.16. The molecular weight excluding hydrogens is 349 g/mol. The molecule has 4 rings (SSSR count). The Kier molecular flexibility index (Phi) is 3.62. The van der Waals surface area contributed by atoms with Crippen molar-refractivity contribution in [1.82, 2.24) is 15.0 Å². The van der Waals surface area contributed by atoms with Crippen LogP contribution >= 0.6 is 23.2 Å². The van der Waals surface area contributed by atoms with Gasteiger partial charge in [0.05, 0.1) is 10.5 Å². The second kappa shape index (κ2) is 5.69. The lowest BCUT2D eigenvalue weighted by Crippen LogP contribution is -2.14. The molecule has 0 aromatic carbocycles. The van der Waals surface area contributed by atoms with Gasteiger partial charge in [0.1, 0.15) is 16.3 Å². The van der Waals surface area contributed by atoms with E-state index < -0.39 is 5.60 Å². The summed E-state index contributed by atoms with van der Waals surface area (Å²) in [5, 5.41) is 0.720. The van der Waals surface area contributed by atoms with E-state index in [2.05, 4.69) is 15.0 Å². The summed E-state index contributed by atoms with van der Waals surface area (Å²) < 4.78 is 5.46. The van der Waals surface area contributed by atoms with Gasteiger partial charge >= 0.3 is 0 Å². The number of aromatic nitrogens is 3. The zero-order valence-corrected chi connectivity index (χ0v) is 13.8. The van der Waals surface area contributed by atoms with Crippen molar-refractivity contribution in [2.45, 2.75) is 17.9 Å². The van der Waals surface area contributed by atoms with E-state index in [1.54, 1.807) is 24.7 Å². The molecule has 0 saturated heterocycles. The van der Waals surface area contributed by atoms with Crippen LogP contribution in [0, 0.1) is 0 Å². The normalized spacial score (nSPS) is 22.3. The quantitative estimate of drug-likeness (QED) is 0.522. The molecule has 0 aliphatic heterocycles. The van der Waals surface area contributed by atoms with Crippen molar-refractivity contribution in [1.29, 1.82) is 0 Å². The van der Waals surface area contributed by atoms with Crippen LogP contribution in [0.25, 0.3) is 11.0 Å². The maximum absolute atomic E-state index is 11.1. The van der Waals surface area contributed by atoms with Crippen molar-refractivity contribution in [3.63, 3.8) is 0 Å². The fourth-order valence-electron chi connectivity index (χ4n) is 3.09. The van der Waals surface area contributed by atoms with Crippen molar-refractivity contribution >= 4 is 40.7 Å². The van der Waals surface area contributed by atoms with Gasteiger partial charge in [-0.2, -0.15) is 0 Å². The molecule has 120 valence electrons. The molecule has 1 fully saturated rings. The maximum Gasteiger partial charge on any atom is 0.293 e. The number of hydrogen-bond acceptors (Lipinski definition) is 5. The van der Waals surface area contributed by atoms with Gasteiger partial charge in [-0.15, -0.1) is 0 Å². The molecule has 0 N–H and O–H groups in total. The van der Waals surface area contributed by atoms with Crippen molar-refractivity contribution in [2.75, 3.05) is 0 Å². The topological polar surface area (TPSA) is 65.0 Å². The molecule has 1 saturated carbocycles. The first kappa shape index (κ1) is 15.3. The predicted octanol–water partition coefficient (Wildman–Crippen LogP) is 3.89. The number of carbonyl (C=O) groups is 1. The lowest BCUT2D eigenvalue weighted by atomic mass is 10.0. The zero-order chi connectivity index (χ0) is 16.7. The molecule has 2 atom stereocenters. The Labute approximate surface area is 147 Å². The van der Waals surface area contributed by atoms with Gasteiger partial charge < -0.3 is 4.74 Å². The van der Waals surface area contributed by atoms with Crippen LogP contribution in [-0.4, -0.2) is 21.4 Å². The number of pyridine rings is 3. The summed E-state index contributed by atoms with van der Waals surface area (Å²) in [7, 11) is 0. The monoisotopic (exact) mass is 359 g/mol. The lowest BCUT2D eigenvalue weighted by molar-refractivity contribution is -0.136. The van der Waals surface area contributed by atoms with Crippen molar-refractivity contribution in [2.24, 2.45) is 0 Å². The van der Waals surface area contributed by atoms with Crippen LogP contribution in [0.5, 0.6) is 0 Å². The molecule has 0 amide bonds. The van der Waals surface area contributed by atoms with Gasteiger partial charge in [0.2, 0.25) is 0 Å². The summed E-state index contributed by atoms with van der Waals surface area (Å²) in [6, 6.07) is 7.19. The first-order chi connectivity index (χ1) is 11.6. The van der Waals surface area contributed by atoms with Crippen LogP contribution in [0.4, 0.5) is 0 Å². The zero-order valence-electron chi connectivity index (χ0n) is 12.3. The van der Waals surface area contributed by atoms with E-state index in [9.17, 15) is 4.79 Å². The first-order valence-corrected chi connectivity index (χ1v) is 8.03. The highest BCUT2D eigenvalue weighted by molar-refractivity contribution is 6.37. The highest BCUT2D eigenvalue weighted by Crippen LogP contribution is 2.60. The van der Waals surface area contributed by atoms with Crippen molar-refractivity contribution < 1.29 is 9.53 Å². The smallest absolute Gasteiger partial charge is 0.293 e. The molecule has 3 heterocycles. The van der Waals surface area contributed by atoms with Gasteiger partial charge in [-0.3, -0.25) is 14.8 Å². The van der Waals surface area contributed by atoms with E-state index in [0.717, 1.165) is 11.1 Å². The summed E-state index contributed by atoms with van der Waals surface area (Å²) in [6.07, 6.45) is 5.82. The summed E-state index contributed by atoms with van der Waals surface area (Å²) in [5.74, 6) is 0.0327. The molecule has 1 aliphatic rings. The van der Waals surface area contributed by atoms with E-state index in [4.69, 9.17) is 27.9 Å². The summed E-state index contributed by atoms with van der Waals surface area (Å²) in [6.45, 7) is 0.471. The van der Waals surface area contributed by atoms with E-state index in [1.807, 2.05) is 18.2 Å². The Morgan fingerprint density at radius 3 is 2.92 bits per heavy atom. The Bertz CT molecular complexity index is 936. The molecule has 0 spiro atoms. The number of hydrogen-bond donors (Lipinski definition) is 0. The third kappa shape index (κ3) is 2.41. The minimum Gasteiger partial charge on any atom is -0.456 e. The van der Waals surface area contributed by atoms with Crippen LogP contribution in [0.3, 0.4) is 0 Å². The average Bonchev–Trinajstić information content (AvgIpc) is 3.31. The maximum atomic E-state index is 11.1. The number of nitrogens with zero attached hydrogens (tertiary/aromatic N) is 3. The predicted molar refractivity (Wildman–Crippen MR) is 90.0 cm³/mol. The molecule has 2 unspecified atom stereocenters. The molecule has 24 heavy (non-hydrogen) atoms. The molecule has 5 nitrogen and oxygen atoms in total. The minimum absolute atomic E-state index is 0.0327. The van der Waals surface area contributed by atoms with Gasteiger partial charge in [0.15, 0.2) is 0 Å². The number of fused-ring (bicyclic) bond motifs is 1. The van der Waals surface area contributed by atoms with Crippen molar-refractivity contribution in [3.8, 4) is 0 Å². The summed E-state index contributed by atoms with van der Waals surface area (Å²) >= 11 is 12.1. The van der Waals surface area contributed by atoms with E-state index in [1.165, 1.54) is 0 Å². The van der Waals surface area contributed by atoms with Crippen LogP contribution in [0.2, 0.25) is 10.2 Å². The fraction of sp³-hybridized carbons (Fsp3) is 0.176. The number of halogens is 2. The average molecular weight is 360 g/mol. The molecule has 7 heteroatoms. The van der Waals surface area contributed by atoms with Crippen LogP contribution < -0.4 is 0 Å². The molecule has 0 radical (unpaired) electrons. The highest BCUT2D eigenvalue weighted by atomic mass is 35.5. The van der Waals surface area contributed by atoms with Crippen LogP contribution in [-0.2, 0) is 15.1 Å². The van der Waals surface area contributed by atoms with Crippen LogP contribution in [0.1, 0.15) is 23.5 Å². The van der Waals surface area contributed by atoms with Gasteiger partial charge in [-0.05, 0) is 23.8 Å². The van der Waals surface area contributed by atoms with E-state index in [-0.39, 0.29) is 11.1 Å². The second-order valence-electron chi connectivity index (χ2n) is 5.67. The highest BCUT2D eigenvalue weighted by Gasteiger charge is 2.59. The van der Waals surface area contributed by atoms with Gasteiger partial charge in [-0.25, -0.2) is 4.98 Å². The molecular formula is C17H11Cl2N3O2. The molecule has 3 aromatic rings. The largest absolute Gasteiger partial charge is 0.456 e. The Morgan fingerprint density at radius 2 is 2.17 bits per heavy atom.